The van der Waals surface area contributed by atoms with E-state index >= 15 is 0 Å². The van der Waals surface area contributed by atoms with Crippen LogP contribution in [-0.2, 0) is 21.4 Å². The summed E-state index contributed by atoms with van der Waals surface area (Å²) in [7, 11) is -0.986. The summed E-state index contributed by atoms with van der Waals surface area (Å²) in [6, 6.07) is 8.74. The van der Waals surface area contributed by atoms with Crippen LogP contribution in [0, 0.1) is 0 Å². The second kappa shape index (κ2) is 8.00. The van der Waals surface area contributed by atoms with Crippen molar-refractivity contribution in [2.24, 2.45) is 5.10 Å². The number of hydrazone groups is 1. The number of carbonyl (C=O) groups is 1. The first-order chi connectivity index (χ1) is 14.8. The molecule has 11 heteroatoms. The number of rotatable bonds is 6. The van der Waals surface area contributed by atoms with Crippen LogP contribution in [0.5, 0.6) is 0 Å². The first-order valence-corrected chi connectivity index (χ1v) is 10.8. The van der Waals surface area contributed by atoms with Gasteiger partial charge in [0.05, 0.1) is 17.4 Å². The number of hydrogen-bond acceptors (Lipinski definition) is 7. The second-order valence-corrected chi connectivity index (χ2v) is 9.27. The molecular weight excluding hydrogens is 424 g/mol. The fourth-order valence-corrected chi connectivity index (χ4v) is 4.17. The Hall–Kier alpha value is -3.44. The molecule has 1 aliphatic heterocycles. The van der Waals surface area contributed by atoms with Gasteiger partial charge in [-0.1, -0.05) is 0 Å². The molecule has 3 aromatic heterocycles. The lowest BCUT2D eigenvalue weighted by Gasteiger charge is -2.20. The molecular formula is C20H20N4O6S. The van der Waals surface area contributed by atoms with Crippen LogP contribution >= 0.6 is 0 Å². The first-order valence-electron chi connectivity index (χ1n) is 9.37. The van der Waals surface area contributed by atoms with Crippen LogP contribution in [0.4, 0.5) is 0 Å². The van der Waals surface area contributed by atoms with Crippen LogP contribution in [-0.4, -0.2) is 48.0 Å². The van der Waals surface area contributed by atoms with Crippen LogP contribution in [0.2, 0.25) is 0 Å². The summed E-state index contributed by atoms with van der Waals surface area (Å²) < 4.78 is 37.7. The molecule has 0 saturated carbocycles. The Labute approximate surface area is 178 Å². The maximum absolute atomic E-state index is 13.1. The van der Waals surface area contributed by atoms with Crippen molar-refractivity contribution in [3.05, 3.63) is 77.0 Å². The Balaban J connectivity index is 1.66. The predicted molar refractivity (Wildman–Crippen MR) is 110 cm³/mol. The van der Waals surface area contributed by atoms with Crippen molar-refractivity contribution >= 4 is 21.6 Å². The van der Waals surface area contributed by atoms with E-state index in [0.717, 1.165) is 21.1 Å². The molecule has 1 aliphatic rings. The highest BCUT2D eigenvalue weighted by atomic mass is 32.2. The van der Waals surface area contributed by atoms with Gasteiger partial charge in [0.15, 0.2) is 0 Å². The average Bonchev–Trinajstić information content (AvgIpc) is 3.49. The van der Waals surface area contributed by atoms with Gasteiger partial charge in [-0.05, 0) is 30.3 Å². The van der Waals surface area contributed by atoms with E-state index in [1.165, 1.54) is 37.7 Å². The van der Waals surface area contributed by atoms with Crippen LogP contribution in [0.1, 0.15) is 24.0 Å². The normalized spacial score (nSPS) is 16.7. The summed E-state index contributed by atoms with van der Waals surface area (Å²) in [5.41, 5.74) is 0.0612. The topological polar surface area (TPSA) is 118 Å². The summed E-state index contributed by atoms with van der Waals surface area (Å²) in [5, 5.41) is 5.64. The molecule has 0 bridgehead atoms. The Morgan fingerprint density at radius 2 is 1.90 bits per heavy atom. The lowest BCUT2D eigenvalue weighted by molar-refractivity contribution is -0.134. The number of aromatic nitrogens is 1. The van der Waals surface area contributed by atoms with E-state index in [-0.39, 0.29) is 11.4 Å². The van der Waals surface area contributed by atoms with E-state index in [4.69, 9.17) is 8.83 Å². The van der Waals surface area contributed by atoms with Crippen LogP contribution < -0.4 is 5.56 Å². The van der Waals surface area contributed by atoms with Gasteiger partial charge in [0.1, 0.15) is 29.8 Å². The Bertz CT molecular complexity index is 1270. The standard InChI is InChI=1S/C20H20N4O6S/c1-22(2)31(27,28)14-7-8-19(25)23(12-14)13-20(26)24-16(18-6-4-10-30-18)11-15(21-24)17-5-3-9-29-17/h3-10,12,16H,11,13H2,1-2H3. The Morgan fingerprint density at radius 3 is 2.55 bits per heavy atom. The van der Waals surface area contributed by atoms with E-state index in [2.05, 4.69) is 5.10 Å². The van der Waals surface area contributed by atoms with Crippen molar-refractivity contribution in [1.29, 1.82) is 0 Å². The van der Waals surface area contributed by atoms with Gasteiger partial charge >= 0.3 is 0 Å². The van der Waals surface area contributed by atoms with Crippen molar-refractivity contribution < 1.29 is 22.0 Å². The van der Waals surface area contributed by atoms with Crippen molar-refractivity contribution in [3.8, 4) is 0 Å². The van der Waals surface area contributed by atoms with Crippen LogP contribution in [0.3, 0.4) is 0 Å². The molecule has 1 unspecified atom stereocenters. The van der Waals surface area contributed by atoms with Crippen LogP contribution in [0.25, 0.3) is 0 Å². The zero-order valence-corrected chi connectivity index (χ0v) is 17.7. The van der Waals surface area contributed by atoms with Crippen molar-refractivity contribution in [2.75, 3.05) is 14.1 Å². The summed E-state index contributed by atoms with van der Waals surface area (Å²) in [5.74, 6) is 0.572. The van der Waals surface area contributed by atoms with Gasteiger partial charge in [-0.3, -0.25) is 9.59 Å². The van der Waals surface area contributed by atoms with Gasteiger partial charge in [0.2, 0.25) is 10.0 Å². The number of nitrogens with zero attached hydrogens (tertiary/aromatic N) is 4. The Kier molecular flexibility index (Phi) is 5.38. The third-order valence-electron chi connectivity index (χ3n) is 4.88. The molecule has 0 N–H and O–H groups in total. The first kappa shape index (κ1) is 20.8. The Morgan fingerprint density at radius 1 is 1.16 bits per heavy atom. The number of amides is 1. The quantitative estimate of drug-likeness (QED) is 0.571. The van der Waals surface area contributed by atoms with Crippen molar-refractivity contribution in [1.82, 2.24) is 13.9 Å². The van der Waals surface area contributed by atoms with Crippen molar-refractivity contribution in [2.45, 2.75) is 23.9 Å². The molecule has 162 valence electrons. The smallest absolute Gasteiger partial charge is 0.263 e. The van der Waals surface area contributed by atoms with Gasteiger partial charge in [-0.2, -0.15) is 5.10 Å². The molecule has 0 radical (unpaired) electrons. The lowest BCUT2D eigenvalue weighted by Crippen LogP contribution is -2.34. The fraction of sp³-hybridized carbons (Fsp3) is 0.250. The summed E-state index contributed by atoms with van der Waals surface area (Å²) >= 11 is 0. The number of hydrogen-bond donors (Lipinski definition) is 0. The highest BCUT2D eigenvalue weighted by Gasteiger charge is 2.36. The third kappa shape index (κ3) is 3.97. The molecule has 4 heterocycles. The molecule has 3 aromatic rings. The molecule has 0 saturated heterocycles. The summed E-state index contributed by atoms with van der Waals surface area (Å²) in [6.07, 6.45) is 4.55. The van der Waals surface area contributed by atoms with E-state index in [1.54, 1.807) is 24.3 Å². The SMILES string of the molecule is CN(C)S(=O)(=O)c1ccc(=O)n(CC(=O)N2N=C(c3ccco3)CC2c2ccco2)c1. The maximum Gasteiger partial charge on any atom is 0.263 e. The number of sulfonamides is 1. The molecule has 0 aromatic carbocycles. The van der Waals surface area contributed by atoms with Crippen molar-refractivity contribution in [3.63, 3.8) is 0 Å². The number of pyridine rings is 1. The van der Waals surface area contributed by atoms with E-state index in [9.17, 15) is 18.0 Å². The monoisotopic (exact) mass is 444 g/mol. The number of carbonyl (C=O) groups excluding carboxylic acids is 1. The van der Waals surface area contributed by atoms with Gasteiger partial charge in [0, 0.05) is 32.8 Å². The minimum absolute atomic E-state index is 0.0892. The summed E-state index contributed by atoms with van der Waals surface area (Å²) in [4.78, 5) is 25.3. The van der Waals surface area contributed by atoms with Gasteiger partial charge in [0.25, 0.3) is 11.5 Å². The molecule has 0 fully saturated rings. The minimum atomic E-state index is -3.76. The molecule has 31 heavy (non-hydrogen) atoms. The summed E-state index contributed by atoms with van der Waals surface area (Å²) in [6.45, 7) is -0.387. The van der Waals surface area contributed by atoms with Gasteiger partial charge in [-0.25, -0.2) is 17.7 Å². The average molecular weight is 444 g/mol. The number of furan rings is 2. The fourth-order valence-electron chi connectivity index (χ4n) is 3.25. The second-order valence-electron chi connectivity index (χ2n) is 7.12. The largest absolute Gasteiger partial charge is 0.467 e. The molecule has 0 aliphatic carbocycles. The lowest BCUT2D eigenvalue weighted by atomic mass is 10.1. The third-order valence-corrected chi connectivity index (χ3v) is 6.68. The highest BCUT2D eigenvalue weighted by Crippen LogP contribution is 2.33. The zero-order valence-electron chi connectivity index (χ0n) is 16.8. The highest BCUT2D eigenvalue weighted by molar-refractivity contribution is 7.89. The van der Waals surface area contributed by atoms with Crippen LogP contribution in [0.15, 0.2) is 78.7 Å². The predicted octanol–water partition coefficient (Wildman–Crippen LogP) is 1.66. The van der Waals surface area contributed by atoms with E-state index in [0.29, 0.717) is 23.7 Å². The van der Waals surface area contributed by atoms with E-state index in [1.807, 2.05) is 0 Å². The molecule has 1 atom stereocenters. The van der Waals surface area contributed by atoms with Gasteiger partial charge in [-0.15, -0.1) is 0 Å². The zero-order chi connectivity index (χ0) is 22.2. The van der Waals surface area contributed by atoms with Gasteiger partial charge < -0.3 is 13.4 Å². The van der Waals surface area contributed by atoms with E-state index < -0.39 is 27.5 Å². The molecule has 0 spiro atoms. The maximum atomic E-state index is 13.1. The molecule has 4 rings (SSSR count). The molecule has 10 nitrogen and oxygen atoms in total. The minimum Gasteiger partial charge on any atom is -0.467 e. The molecule has 1 amide bonds.